The molecule has 1 aliphatic carbocycles. The molecule has 4 atom stereocenters. The Balaban J connectivity index is 1.24. The number of aryl methyl sites for hydroxylation is 1. The molecule has 0 bridgehead atoms. The normalized spacial score (nSPS) is 27.2. The summed E-state index contributed by atoms with van der Waals surface area (Å²) in [5.74, 6) is 1.91. The number of hydrogen-bond acceptors (Lipinski definition) is 6. The third-order valence-electron chi connectivity index (χ3n) is 6.29. The molecule has 2 fully saturated rings. The van der Waals surface area contributed by atoms with Crippen molar-refractivity contribution in [2.75, 3.05) is 25.0 Å². The van der Waals surface area contributed by atoms with Gasteiger partial charge in [-0.2, -0.15) is 0 Å². The van der Waals surface area contributed by atoms with Gasteiger partial charge in [0.1, 0.15) is 5.76 Å². The number of para-hydroxylation sites is 2. The van der Waals surface area contributed by atoms with Gasteiger partial charge in [0.25, 0.3) is 0 Å². The van der Waals surface area contributed by atoms with Crippen molar-refractivity contribution in [1.82, 2.24) is 19.6 Å². The van der Waals surface area contributed by atoms with Gasteiger partial charge in [0, 0.05) is 19.2 Å². The molecule has 1 aromatic carbocycles. The van der Waals surface area contributed by atoms with Gasteiger partial charge in [-0.3, -0.25) is 9.69 Å². The predicted molar refractivity (Wildman–Crippen MR) is 107 cm³/mol. The average molecular weight is 395 g/mol. The average Bonchev–Trinajstić information content (AvgIpc) is 3.39. The highest BCUT2D eigenvalue weighted by Crippen LogP contribution is 2.42. The van der Waals surface area contributed by atoms with Gasteiger partial charge in [-0.1, -0.05) is 17.3 Å². The number of aromatic nitrogens is 3. The Labute approximate surface area is 168 Å². The summed E-state index contributed by atoms with van der Waals surface area (Å²) in [7, 11) is 0. The van der Waals surface area contributed by atoms with Crippen LogP contribution >= 0.6 is 0 Å². The minimum Gasteiger partial charge on any atom is -0.391 e. The number of imidazole rings is 1. The van der Waals surface area contributed by atoms with E-state index >= 15 is 0 Å². The van der Waals surface area contributed by atoms with Crippen molar-refractivity contribution in [3.63, 3.8) is 0 Å². The van der Waals surface area contributed by atoms with Gasteiger partial charge in [0.05, 0.1) is 36.1 Å². The highest BCUT2D eigenvalue weighted by atomic mass is 16.5. The van der Waals surface area contributed by atoms with Crippen LogP contribution in [0.25, 0.3) is 11.0 Å². The van der Waals surface area contributed by atoms with E-state index in [0.29, 0.717) is 30.0 Å². The summed E-state index contributed by atoms with van der Waals surface area (Å²) in [5.41, 5.74) is 2.02. The van der Waals surface area contributed by atoms with Crippen molar-refractivity contribution in [2.24, 2.45) is 11.8 Å². The Bertz CT molecular complexity index is 1030. The SMILES string of the molecule is Cc1cc(NC(=O)CN2C[C@H]3C[C@@H](n4cnc5ccccc54)[C@H](O)C[C@H]3C2)no1. The van der Waals surface area contributed by atoms with Crippen molar-refractivity contribution in [1.29, 1.82) is 0 Å². The highest BCUT2D eigenvalue weighted by Gasteiger charge is 2.42. The number of aliphatic hydroxyl groups is 1. The number of anilines is 1. The minimum atomic E-state index is -0.402. The van der Waals surface area contributed by atoms with Crippen molar-refractivity contribution in [3.05, 3.63) is 42.4 Å². The highest BCUT2D eigenvalue weighted by molar-refractivity contribution is 5.91. The van der Waals surface area contributed by atoms with Crippen molar-refractivity contribution >= 4 is 22.8 Å². The molecule has 3 heterocycles. The van der Waals surface area contributed by atoms with Gasteiger partial charge >= 0.3 is 0 Å². The lowest BCUT2D eigenvalue weighted by atomic mass is 9.77. The van der Waals surface area contributed by atoms with E-state index in [1.807, 2.05) is 24.5 Å². The third-order valence-corrected chi connectivity index (χ3v) is 6.29. The fourth-order valence-electron chi connectivity index (χ4n) is 4.99. The van der Waals surface area contributed by atoms with Crippen molar-refractivity contribution in [3.8, 4) is 0 Å². The van der Waals surface area contributed by atoms with Gasteiger partial charge < -0.3 is 19.5 Å². The predicted octanol–water partition coefficient (Wildman–Crippen LogP) is 2.22. The van der Waals surface area contributed by atoms with E-state index in [1.165, 1.54) is 0 Å². The number of nitrogens with zero attached hydrogens (tertiary/aromatic N) is 4. The number of hydrogen-bond donors (Lipinski definition) is 2. The topological polar surface area (TPSA) is 96.4 Å². The van der Waals surface area contributed by atoms with Crippen LogP contribution in [0.15, 0.2) is 41.2 Å². The molecule has 0 spiro atoms. The Morgan fingerprint density at radius 1 is 1.28 bits per heavy atom. The molecule has 2 aromatic heterocycles. The molecule has 0 radical (unpaired) electrons. The third kappa shape index (κ3) is 3.54. The number of aliphatic hydroxyl groups excluding tert-OH is 1. The molecule has 5 rings (SSSR count). The van der Waals surface area contributed by atoms with Crippen LogP contribution in [0, 0.1) is 18.8 Å². The van der Waals surface area contributed by atoms with E-state index in [2.05, 4.69) is 31.0 Å². The number of benzene rings is 1. The van der Waals surface area contributed by atoms with E-state index in [4.69, 9.17) is 4.52 Å². The maximum atomic E-state index is 12.3. The number of likely N-dealkylation sites (tertiary alicyclic amines) is 1. The summed E-state index contributed by atoms with van der Waals surface area (Å²) in [6.45, 7) is 3.82. The summed E-state index contributed by atoms with van der Waals surface area (Å²) >= 11 is 0. The maximum Gasteiger partial charge on any atom is 0.239 e. The Hall–Kier alpha value is -2.71. The second kappa shape index (κ2) is 7.27. The second-order valence-corrected chi connectivity index (χ2v) is 8.33. The number of amides is 1. The van der Waals surface area contributed by atoms with Crippen molar-refractivity contribution < 1.29 is 14.4 Å². The van der Waals surface area contributed by atoms with Crippen LogP contribution in [0.1, 0.15) is 24.6 Å². The quantitative estimate of drug-likeness (QED) is 0.703. The standard InChI is InChI=1S/C21H25N5O3/c1-13-6-20(24-29-13)23-21(28)11-25-9-14-7-18(19(27)8-15(14)10-25)26-12-22-16-4-2-3-5-17(16)26/h2-6,12,14-15,18-19,27H,7-11H2,1H3,(H,23,24,28)/t14-,15+,18-,19-/m1/s1. The molecular weight excluding hydrogens is 370 g/mol. The maximum absolute atomic E-state index is 12.3. The van der Waals surface area contributed by atoms with Crippen LogP contribution in [0.4, 0.5) is 5.82 Å². The number of fused-ring (bicyclic) bond motifs is 2. The molecule has 1 aliphatic heterocycles. The first-order valence-electron chi connectivity index (χ1n) is 10.1. The van der Waals surface area contributed by atoms with Crippen LogP contribution in [0.5, 0.6) is 0 Å². The van der Waals surface area contributed by atoms with Crippen LogP contribution in [-0.4, -0.2) is 56.4 Å². The van der Waals surface area contributed by atoms with Crippen LogP contribution in [0.3, 0.4) is 0 Å². The number of carbonyl (C=O) groups is 1. The zero-order valence-electron chi connectivity index (χ0n) is 16.4. The monoisotopic (exact) mass is 395 g/mol. The van der Waals surface area contributed by atoms with Crippen molar-refractivity contribution in [2.45, 2.75) is 31.9 Å². The minimum absolute atomic E-state index is 0.0236. The zero-order valence-corrected chi connectivity index (χ0v) is 16.4. The first-order valence-corrected chi connectivity index (χ1v) is 10.1. The Morgan fingerprint density at radius 3 is 2.86 bits per heavy atom. The van der Waals surface area contributed by atoms with E-state index < -0.39 is 6.10 Å². The molecule has 2 aliphatic rings. The smallest absolute Gasteiger partial charge is 0.239 e. The lowest BCUT2D eigenvalue weighted by Crippen LogP contribution is -2.36. The molecule has 29 heavy (non-hydrogen) atoms. The van der Waals surface area contributed by atoms with Gasteiger partial charge in [-0.25, -0.2) is 4.98 Å². The largest absolute Gasteiger partial charge is 0.391 e. The molecule has 3 aromatic rings. The van der Waals surface area contributed by atoms with E-state index in [0.717, 1.165) is 37.0 Å². The van der Waals surface area contributed by atoms with Gasteiger partial charge in [-0.05, 0) is 43.7 Å². The lowest BCUT2D eigenvalue weighted by Gasteiger charge is -2.36. The summed E-state index contributed by atoms with van der Waals surface area (Å²) < 4.78 is 7.11. The second-order valence-electron chi connectivity index (χ2n) is 8.33. The molecule has 0 unspecified atom stereocenters. The number of carbonyl (C=O) groups excluding carboxylic acids is 1. The molecule has 8 nitrogen and oxygen atoms in total. The molecular formula is C21H25N5O3. The lowest BCUT2D eigenvalue weighted by molar-refractivity contribution is -0.117. The fraction of sp³-hybridized carbons (Fsp3) is 0.476. The summed E-state index contributed by atoms with van der Waals surface area (Å²) in [6.07, 6.45) is 3.09. The van der Waals surface area contributed by atoms with E-state index in [1.54, 1.807) is 13.0 Å². The Morgan fingerprint density at radius 2 is 2.07 bits per heavy atom. The molecule has 1 saturated heterocycles. The Kier molecular flexibility index (Phi) is 4.60. The van der Waals surface area contributed by atoms with E-state index in [9.17, 15) is 9.90 Å². The molecule has 1 amide bonds. The van der Waals surface area contributed by atoms with E-state index in [-0.39, 0.29) is 11.9 Å². The van der Waals surface area contributed by atoms with Gasteiger partial charge in [0.2, 0.25) is 5.91 Å². The molecule has 1 saturated carbocycles. The van der Waals surface area contributed by atoms with Gasteiger partial charge in [0.15, 0.2) is 5.82 Å². The van der Waals surface area contributed by atoms with Crippen LogP contribution < -0.4 is 5.32 Å². The molecule has 8 heteroatoms. The fourth-order valence-corrected chi connectivity index (χ4v) is 4.99. The summed E-state index contributed by atoms with van der Waals surface area (Å²) in [6, 6.07) is 9.76. The number of nitrogens with one attached hydrogen (secondary N) is 1. The first kappa shape index (κ1) is 18.3. The summed E-state index contributed by atoms with van der Waals surface area (Å²) in [5, 5.41) is 17.4. The van der Waals surface area contributed by atoms with Crippen LogP contribution in [0.2, 0.25) is 0 Å². The zero-order chi connectivity index (χ0) is 20.0. The number of rotatable bonds is 4. The summed E-state index contributed by atoms with van der Waals surface area (Å²) in [4.78, 5) is 19.0. The van der Waals surface area contributed by atoms with Gasteiger partial charge in [-0.15, -0.1) is 0 Å². The molecule has 152 valence electrons. The molecule has 2 N–H and O–H groups in total. The van der Waals surface area contributed by atoms with Crippen LogP contribution in [-0.2, 0) is 4.79 Å². The first-order chi connectivity index (χ1) is 14.1.